The van der Waals surface area contributed by atoms with Crippen LogP contribution in [0.2, 0.25) is 0 Å². The van der Waals surface area contributed by atoms with Crippen LogP contribution in [0, 0.1) is 11.3 Å². The molecule has 7 nitrogen and oxygen atoms in total. The van der Waals surface area contributed by atoms with Crippen molar-refractivity contribution in [3.63, 3.8) is 0 Å². The Bertz CT molecular complexity index is 669. The van der Waals surface area contributed by atoms with Gasteiger partial charge < -0.3 is 14.8 Å². The van der Waals surface area contributed by atoms with Gasteiger partial charge in [-0.3, -0.25) is 9.59 Å². The number of dihydropyridines is 1. The molecule has 1 aliphatic carbocycles. The maximum atomic E-state index is 13.0. The summed E-state index contributed by atoms with van der Waals surface area (Å²) in [6.45, 7) is 8.30. The molecule has 0 radical (unpaired) electrons. The summed E-state index contributed by atoms with van der Waals surface area (Å²) in [7, 11) is 0. The molecule has 0 aromatic heterocycles. The number of nitrogens with zero attached hydrogens (tertiary/aromatic N) is 1. The molecule has 1 saturated heterocycles. The van der Waals surface area contributed by atoms with E-state index in [0.29, 0.717) is 19.1 Å². The van der Waals surface area contributed by atoms with Crippen molar-refractivity contribution in [1.29, 1.82) is 0 Å². The summed E-state index contributed by atoms with van der Waals surface area (Å²) in [6.07, 6.45) is 7.64. The Balaban J connectivity index is 1.81. The van der Waals surface area contributed by atoms with E-state index in [0.717, 1.165) is 42.0 Å². The first kappa shape index (κ1) is 19.9. The fourth-order valence-electron chi connectivity index (χ4n) is 3.30. The highest BCUT2D eigenvalue weighted by Gasteiger charge is 2.43. The maximum Gasteiger partial charge on any atom is 0.273 e. The van der Waals surface area contributed by atoms with Crippen LogP contribution in [0.4, 0.5) is 0 Å². The summed E-state index contributed by atoms with van der Waals surface area (Å²) in [5.41, 5.74) is -0.776. The number of rotatable bonds is 4. The van der Waals surface area contributed by atoms with Crippen LogP contribution in [0.25, 0.3) is 0 Å². The van der Waals surface area contributed by atoms with Crippen molar-refractivity contribution in [1.82, 2.24) is 10.3 Å². The van der Waals surface area contributed by atoms with Crippen molar-refractivity contribution in [3.05, 3.63) is 23.6 Å². The molecule has 3 aliphatic rings. The number of hydrazine groups is 1. The molecule has 3 rings (SSSR count). The normalized spacial score (nSPS) is 26.6. The van der Waals surface area contributed by atoms with Crippen LogP contribution in [-0.4, -0.2) is 41.7 Å². The number of amides is 2. The molecule has 27 heavy (non-hydrogen) atoms. The number of carbonyl (C=O) groups excluding carboxylic acids is 2. The summed E-state index contributed by atoms with van der Waals surface area (Å²) in [5.74, 6) is 6.16. The predicted octanol–water partition coefficient (Wildman–Crippen LogP) is 2.00. The number of imide groups is 1. The first-order chi connectivity index (χ1) is 12.6. The fraction of sp³-hybridized carbons (Fsp3) is 0.700. The molecule has 1 saturated carbocycles. The summed E-state index contributed by atoms with van der Waals surface area (Å²) in [4.78, 5) is 25.4. The first-order valence-corrected chi connectivity index (χ1v) is 9.71. The maximum absolute atomic E-state index is 13.0. The second-order valence-corrected chi connectivity index (χ2v) is 8.89. The van der Waals surface area contributed by atoms with Crippen molar-refractivity contribution in [2.24, 2.45) is 17.2 Å². The van der Waals surface area contributed by atoms with Crippen LogP contribution in [0.1, 0.15) is 53.4 Å². The second kappa shape index (κ2) is 7.28. The molecule has 2 heterocycles. The van der Waals surface area contributed by atoms with E-state index in [4.69, 9.17) is 15.3 Å². The van der Waals surface area contributed by atoms with Crippen molar-refractivity contribution < 1.29 is 19.1 Å². The van der Waals surface area contributed by atoms with Crippen LogP contribution in [0.5, 0.6) is 0 Å². The van der Waals surface area contributed by atoms with Crippen LogP contribution in [0.15, 0.2) is 23.6 Å². The molecule has 2 aliphatic heterocycles. The molecule has 0 spiro atoms. The molecule has 0 bridgehead atoms. The van der Waals surface area contributed by atoms with Crippen LogP contribution in [-0.2, 0) is 19.1 Å². The van der Waals surface area contributed by atoms with Gasteiger partial charge in [-0.05, 0) is 31.8 Å². The highest BCUT2D eigenvalue weighted by Crippen LogP contribution is 2.42. The minimum absolute atomic E-state index is 0.0785. The zero-order chi connectivity index (χ0) is 19.8. The van der Waals surface area contributed by atoms with E-state index in [1.807, 2.05) is 6.20 Å². The lowest BCUT2D eigenvalue weighted by molar-refractivity contribution is -0.153. The van der Waals surface area contributed by atoms with E-state index >= 15 is 0 Å². The van der Waals surface area contributed by atoms with Gasteiger partial charge in [0.1, 0.15) is 17.4 Å². The molecule has 150 valence electrons. The van der Waals surface area contributed by atoms with E-state index in [9.17, 15) is 9.59 Å². The molecule has 7 heteroatoms. The molecule has 0 aromatic rings. The lowest BCUT2D eigenvalue weighted by atomic mass is 9.91. The lowest BCUT2D eigenvalue weighted by Gasteiger charge is -2.36. The Morgan fingerprint density at radius 3 is 2.44 bits per heavy atom. The number of nitrogens with one attached hydrogen (secondary N) is 1. The Labute approximate surface area is 160 Å². The van der Waals surface area contributed by atoms with Crippen LogP contribution >= 0.6 is 0 Å². The summed E-state index contributed by atoms with van der Waals surface area (Å²) >= 11 is 0. The quantitative estimate of drug-likeness (QED) is 0.442. The number of hydrogen-bond donors (Lipinski definition) is 2. The fourth-order valence-corrected chi connectivity index (χ4v) is 3.30. The summed E-state index contributed by atoms with van der Waals surface area (Å²) in [5, 5.41) is 3.88. The van der Waals surface area contributed by atoms with Gasteiger partial charge in [0.05, 0.1) is 13.2 Å². The van der Waals surface area contributed by atoms with Gasteiger partial charge in [0.15, 0.2) is 0 Å². The van der Waals surface area contributed by atoms with Crippen molar-refractivity contribution in [2.75, 3.05) is 13.2 Å². The van der Waals surface area contributed by atoms with Crippen LogP contribution < -0.4 is 11.2 Å². The van der Waals surface area contributed by atoms with Crippen molar-refractivity contribution in [3.8, 4) is 0 Å². The number of allylic oxidation sites excluding steroid dienone is 1. The third-order valence-corrected chi connectivity index (χ3v) is 5.23. The summed E-state index contributed by atoms with van der Waals surface area (Å²) in [6, 6.07) is 0. The highest BCUT2D eigenvalue weighted by molar-refractivity contribution is 6.02. The molecule has 1 atom stereocenters. The second-order valence-electron chi connectivity index (χ2n) is 8.89. The minimum Gasteiger partial charge on any atom is -0.490 e. The van der Waals surface area contributed by atoms with Crippen LogP contribution in [0.3, 0.4) is 0 Å². The topological polar surface area (TPSA) is 93.9 Å². The summed E-state index contributed by atoms with van der Waals surface area (Å²) < 4.78 is 11.7. The molecular formula is C20H31N3O4. The van der Waals surface area contributed by atoms with Gasteiger partial charge in [-0.25, -0.2) is 10.9 Å². The number of hydrogen-bond acceptors (Lipinski definition) is 6. The first-order valence-electron chi connectivity index (χ1n) is 9.71. The minimum atomic E-state index is -1.13. The van der Waals surface area contributed by atoms with E-state index in [1.54, 1.807) is 33.8 Å². The zero-order valence-corrected chi connectivity index (χ0v) is 16.7. The molecule has 2 fully saturated rings. The van der Waals surface area contributed by atoms with E-state index in [-0.39, 0.29) is 6.10 Å². The smallest absolute Gasteiger partial charge is 0.273 e. The van der Waals surface area contributed by atoms with E-state index < -0.39 is 22.8 Å². The monoisotopic (exact) mass is 377 g/mol. The number of carbonyl (C=O) groups is 2. The van der Waals surface area contributed by atoms with Gasteiger partial charge in [-0.1, -0.05) is 20.8 Å². The van der Waals surface area contributed by atoms with Gasteiger partial charge in [-0.2, -0.15) is 0 Å². The predicted molar refractivity (Wildman–Crippen MR) is 101 cm³/mol. The Hall–Kier alpha value is -1.86. The molecule has 2 amide bonds. The van der Waals surface area contributed by atoms with Gasteiger partial charge in [-0.15, -0.1) is 0 Å². The molecule has 0 aromatic carbocycles. The Kier molecular flexibility index (Phi) is 5.36. The Morgan fingerprint density at radius 1 is 1.26 bits per heavy atom. The largest absolute Gasteiger partial charge is 0.490 e. The molecule has 1 unspecified atom stereocenters. The lowest BCUT2D eigenvalue weighted by Crippen LogP contribution is -2.60. The zero-order valence-electron chi connectivity index (χ0n) is 16.7. The SMILES string of the molecule is CC(C)(C)C(=O)N(N)C(=O)C1(C)C=C(OC2CCOCC2)C(C2CC2)=CN1. The van der Waals surface area contributed by atoms with Crippen molar-refractivity contribution >= 4 is 11.8 Å². The average Bonchev–Trinajstić information content (AvgIpc) is 3.45. The highest BCUT2D eigenvalue weighted by atomic mass is 16.5. The number of nitrogens with two attached hydrogens (primary N) is 1. The number of ether oxygens (including phenoxy) is 2. The third kappa shape index (κ3) is 4.35. The van der Waals surface area contributed by atoms with E-state index in [1.165, 1.54) is 0 Å². The third-order valence-electron chi connectivity index (χ3n) is 5.23. The van der Waals surface area contributed by atoms with Gasteiger partial charge in [0.2, 0.25) is 5.91 Å². The molecule has 3 N–H and O–H groups in total. The molecular weight excluding hydrogens is 346 g/mol. The van der Waals surface area contributed by atoms with Gasteiger partial charge in [0.25, 0.3) is 5.91 Å². The van der Waals surface area contributed by atoms with Gasteiger partial charge in [0, 0.05) is 30.0 Å². The van der Waals surface area contributed by atoms with Gasteiger partial charge >= 0.3 is 0 Å². The van der Waals surface area contributed by atoms with Crippen molar-refractivity contribution in [2.45, 2.75) is 65.0 Å². The average molecular weight is 377 g/mol. The Morgan fingerprint density at radius 2 is 1.89 bits per heavy atom. The standard InChI is InChI=1S/C20H31N3O4/c1-19(2,3)17(24)23(21)18(25)20(4)11-16(15(12-22-20)13-5-6-13)27-14-7-9-26-10-8-14/h11-14,22H,5-10,21H2,1-4H3. The van der Waals surface area contributed by atoms with E-state index in [2.05, 4.69) is 5.32 Å².